The zero-order valence-corrected chi connectivity index (χ0v) is 11.3. The van der Waals surface area contributed by atoms with Crippen LogP contribution in [0.5, 0.6) is 0 Å². The molecule has 0 aromatic carbocycles. The van der Waals surface area contributed by atoms with Gasteiger partial charge >= 0.3 is 5.97 Å². The molecule has 0 bridgehead atoms. The molecule has 100 valence electrons. The van der Waals surface area contributed by atoms with Gasteiger partial charge in [0, 0.05) is 27.2 Å². The van der Waals surface area contributed by atoms with E-state index in [0.29, 0.717) is 25.5 Å². The van der Waals surface area contributed by atoms with Gasteiger partial charge in [0.2, 0.25) is 0 Å². The number of guanidine groups is 1. The molecule has 0 aromatic rings. The predicted molar refractivity (Wildman–Crippen MR) is 67.1 cm³/mol. The van der Waals surface area contributed by atoms with Crippen LogP contribution >= 0.6 is 0 Å². The average molecular weight is 245 g/mol. The van der Waals surface area contributed by atoms with Crippen molar-refractivity contribution in [2.24, 2.45) is 4.99 Å². The Bertz CT molecular complexity index is 265. The molecule has 0 rings (SSSR count). The van der Waals surface area contributed by atoms with Crippen molar-refractivity contribution in [2.75, 3.05) is 34.4 Å². The summed E-state index contributed by atoms with van der Waals surface area (Å²) >= 11 is 0. The van der Waals surface area contributed by atoms with Gasteiger partial charge in [-0.3, -0.25) is 9.79 Å². The standard InChI is InChI=1S/C11H23N3O3/c1-11(2,17-5)8-14-10(12-3)13-7-6-9(15)16-4/h6-8H2,1-5H3,(H2,12,13,14). The molecule has 0 unspecified atom stereocenters. The van der Waals surface area contributed by atoms with Crippen LogP contribution in [-0.2, 0) is 14.3 Å². The van der Waals surface area contributed by atoms with Crippen LogP contribution in [0.15, 0.2) is 4.99 Å². The van der Waals surface area contributed by atoms with Crippen molar-refractivity contribution in [1.29, 1.82) is 0 Å². The van der Waals surface area contributed by atoms with Crippen LogP contribution in [0.2, 0.25) is 0 Å². The van der Waals surface area contributed by atoms with Gasteiger partial charge in [0.25, 0.3) is 0 Å². The van der Waals surface area contributed by atoms with E-state index in [4.69, 9.17) is 4.74 Å². The van der Waals surface area contributed by atoms with Crippen molar-refractivity contribution in [3.63, 3.8) is 0 Å². The number of nitrogens with one attached hydrogen (secondary N) is 2. The average Bonchev–Trinajstić information content (AvgIpc) is 2.33. The predicted octanol–water partition coefficient (Wildman–Crippen LogP) is 0.139. The molecule has 6 heteroatoms. The lowest BCUT2D eigenvalue weighted by molar-refractivity contribution is -0.140. The Morgan fingerprint density at radius 1 is 1.29 bits per heavy atom. The van der Waals surface area contributed by atoms with E-state index in [1.807, 2.05) is 13.8 Å². The molecule has 0 atom stereocenters. The number of rotatable bonds is 6. The van der Waals surface area contributed by atoms with E-state index in [1.165, 1.54) is 7.11 Å². The lowest BCUT2D eigenvalue weighted by Gasteiger charge is -2.24. The van der Waals surface area contributed by atoms with Gasteiger partial charge in [0.1, 0.15) is 0 Å². The summed E-state index contributed by atoms with van der Waals surface area (Å²) in [6, 6.07) is 0. The monoisotopic (exact) mass is 245 g/mol. The maximum absolute atomic E-state index is 10.9. The summed E-state index contributed by atoms with van der Waals surface area (Å²) in [7, 11) is 4.71. The molecule has 0 aliphatic heterocycles. The number of carbonyl (C=O) groups is 1. The number of nitrogens with zero attached hydrogens (tertiary/aromatic N) is 1. The molecule has 17 heavy (non-hydrogen) atoms. The first kappa shape index (κ1) is 15.7. The molecule has 0 fully saturated rings. The van der Waals surface area contributed by atoms with Gasteiger partial charge in [-0.1, -0.05) is 0 Å². The van der Waals surface area contributed by atoms with E-state index in [1.54, 1.807) is 14.2 Å². The highest BCUT2D eigenvalue weighted by molar-refractivity contribution is 5.80. The first-order valence-corrected chi connectivity index (χ1v) is 5.51. The molecule has 0 saturated carbocycles. The lowest BCUT2D eigenvalue weighted by Crippen LogP contribution is -2.45. The van der Waals surface area contributed by atoms with Gasteiger partial charge in [0.05, 0.1) is 19.1 Å². The topological polar surface area (TPSA) is 72.0 Å². The van der Waals surface area contributed by atoms with Crippen molar-refractivity contribution in [3.05, 3.63) is 0 Å². The number of carbonyl (C=O) groups excluding carboxylic acids is 1. The van der Waals surface area contributed by atoms with E-state index >= 15 is 0 Å². The molecule has 0 aliphatic carbocycles. The minimum atomic E-state index is -0.264. The summed E-state index contributed by atoms with van der Waals surface area (Å²) in [4.78, 5) is 14.9. The number of aliphatic imine (C=N–C) groups is 1. The number of hydrogen-bond donors (Lipinski definition) is 2. The fraction of sp³-hybridized carbons (Fsp3) is 0.818. The lowest BCUT2D eigenvalue weighted by atomic mass is 10.1. The minimum absolute atomic E-state index is 0.245. The van der Waals surface area contributed by atoms with Crippen molar-refractivity contribution in [2.45, 2.75) is 25.9 Å². The Labute approximate surface area is 103 Å². The maximum atomic E-state index is 10.9. The Kier molecular flexibility index (Phi) is 7.29. The molecule has 0 heterocycles. The second-order valence-electron chi connectivity index (χ2n) is 4.14. The van der Waals surface area contributed by atoms with E-state index in [-0.39, 0.29) is 11.6 Å². The summed E-state index contributed by atoms with van der Waals surface area (Å²) in [6.45, 7) is 5.06. The van der Waals surface area contributed by atoms with Crippen LogP contribution < -0.4 is 10.6 Å². The number of esters is 1. The molecule has 0 amide bonds. The van der Waals surface area contributed by atoms with Gasteiger partial charge in [-0.15, -0.1) is 0 Å². The van der Waals surface area contributed by atoms with Crippen LogP contribution in [0.1, 0.15) is 20.3 Å². The summed E-state index contributed by atoms with van der Waals surface area (Å²) in [5.74, 6) is 0.393. The fourth-order valence-corrected chi connectivity index (χ4v) is 0.974. The third-order valence-corrected chi connectivity index (χ3v) is 2.31. The number of ether oxygens (including phenoxy) is 2. The van der Waals surface area contributed by atoms with Crippen molar-refractivity contribution >= 4 is 11.9 Å². The van der Waals surface area contributed by atoms with E-state index in [0.717, 1.165) is 0 Å². The van der Waals surface area contributed by atoms with Crippen LogP contribution in [0.4, 0.5) is 0 Å². The molecule has 6 nitrogen and oxygen atoms in total. The first-order chi connectivity index (χ1) is 7.95. The summed E-state index contributed by atoms with van der Waals surface area (Å²) in [5, 5.41) is 6.13. The molecular formula is C11H23N3O3. The number of hydrogen-bond acceptors (Lipinski definition) is 4. The molecule has 0 spiro atoms. The Balaban J connectivity index is 3.90. The highest BCUT2D eigenvalue weighted by atomic mass is 16.5. The third kappa shape index (κ3) is 7.57. The Morgan fingerprint density at radius 2 is 1.94 bits per heavy atom. The van der Waals surface area contributed by atoms with Crippen molar-refractivity contribution < 1.29 is 14.3 Å². The molecule has 0 aliphatic rings. The summed E-state index contributed by atoms with van der Waals surface area (Å²) < 4.78 is 9.81. The van der Waals surface area contributed by atoms with Gasteiger partial charge in [-0.25, -0.2) is 0 Å². The van der Waals surface area contributed by atoms with Crippen LogP contribution in [0, 0.1) is 0 Å². The third-order valence-electron chi connectivity index (χ3n) is 2.31. The fourth-order valence-electron chi connectivity index (χ4n) is 0.974. The first-order valence-electron chi connectivity index (χ1n) is 5.51. The van der Waals surface area contributed by atoms with Gasteiger partial charge in [-0.2, -0.15) is 0 Å². The maximum Gasteiger partial charge on any atom is 0.307 e. The SMILES string of the molecule is CN=C(NCCC(=O)OC)NCC(C)(C)OC. The second kappa shape index (κ2) is 7.89. The minimum Gasteiger partial charge on any atom is -0.469 e. The molecular weight excluding hydrogens is 222 g/mol. The van der Waals surface area contributed by atoms with Crippen LogP contribution in [-0.4, -0.2) is 51.9 Å². The zero-order valence-electron chi connectivity index (χ0n) is 11.3. The van der Waals surface area contributed by atoms with Gasteiger partial charge in [-0.05, 0) is 13.8 Å². The number of methoxy groups -OCH3 is 2. The smallest absolute Gasteiger partial charge is 0.307 e. The zero-order chi connectivity index (χ0) is 13.3. The highest BCUT2D eigenvalue weighted by Crippen LogP contribution is 2.04. The molecule has 2 N–H and O–H groups in total. The van der Waals surface area contributed by atoms with E-state index < -0.39 is 0 Å². The molecule has 0 aromatic heterocycles. The van der Waals surface area contributed by atoms with Gasteiger partial charge < -0.3 is 20.1 Å². The van der Waals surface area contributed by atoms with Crippen molar-refractivity contribution in [1.82, 2.24) is 10.6 Å². The molecule has 0 radical (unpaired) electrons. The Morgan fingerprint density at radius 3 is 2.41 bits per heavy atom. The molecule has 0 saturated heterocycles. The van der Waals surface area contributed by atoms with Gasteiger partial charge in [0.15, 0.2) is 5.96 Å². The Hall–Kier alpha value is -1.30. The highest BCUT2D eigenvalue weighted by Gasteiger charge is 2.16. The van der Waals surface area contributed by atoms with Crippen molar-refractivity contribution in [3.8, 4) is 0 Å². The second-order valence-corrected chi connectivity index (χ2v) is 4.14. The van der Waals surface area contributed by atoms with E-state index in [9.17, 15) is 4.79 Å². The summed E-state index contributed by atoms with van der Waals surface area (Å²) in [6.07, 6.45) is 0.310. The van der Waals surface area contributed by atoms with Crippen LogP contribution in [0.25, 0.3) is 0 Å². The quantitative estimate of drug-likeness (QED) is 0.396. The summed E-state index contributed by atoms with van der Waals surface area (Å²) in [5.41, 5.74) is -0.264. The normalized spacial score (nSPS) is 12.2. The largest absolute Gasteiger partial charge is 0.469 e. The van der Waals surface area contributed by atoms with E-state index in [2.05, 4.69) is 20.4 Å². The van der Waals surface area contributed by atoms with Crippen LogP contribution in [0.3, 0.4) is 0 Å².